The molecular formula is C9H5NO4. The standard InChI is InChI=1S/C9H5NO4/c10-3-5-1-7-8(14-4-13-7)2-6(5)9(11)12/h1-2H,4H2,(H,11,12). The molecule has 0 amide bonds. The molecule has 5 nitrogen and oxygen atoms in total. The van der Waals surface area contributed by atoms with E-state index in [4.69, 9.17) is 19.8 Å². The van der Waals surface area contributed by atoms with Crippen molar-refractivity contribution in [2.45, 2.75) is 0 Å². The van der Waals surface area contributed by atoms with Crippen LogP contribution < -0.4 is 9.47 Å². The van der Waals surface area contributed by atoms with E-state index in [0.717, 1.165) is 0 Å². The molecule has 0 radical (unpaired) electrons. The zero-order valence-electron chi connectivity index (χ0n) is 6.98. The van der Waals surface area contributed by atoms with Gasteiger partial charge in [0, 0.05) is 12.1 Å². The van der Waals surface area contributed by atoms with E-state index >= 15 is 0 Å². The van der Waals surface area contributed by atoms with Gasteiger partial charge in [0.2, 0.25) is 6.79 Å². The number of carbonyl (C=O) groups is 1. The maximum atomic E-state index is 10.7. The van der Waals surface area contributed by atoms with Gasteiger partial charge in [-0.1, -0.05) is 0 Å². The lowest BCUT2D eigenvalue weighted by Gasteiger charge is -2.00. The number of benzene rings is 1. The summed E-state index contributed by atoms with van der Waals surface area (Å²) in [5, 5.41) is 17.5. The molecule has 0 aliphatic carbocycles. The lowest BCUT2D eigenvalue weighted by Crippen LogP contribution is -1.99. The Labute approximate surface area is 79.1 Å². The summed E-state index contributed by atoms with van der Waals surface area (Å²) in [6, 6.07) is 4.45. The molecule has 70 valence electrons. The molecule has 1 aliphatic heterocycles. The minimum absolute atomic E-state index is 0.0588. The number of nitriles is 1. The van der Waals surface area contributed by atoms with E-state index in [1.165, 1.54) is 12.1 Å². The van der Waals surface area contributed by atoms with Gasteiger partial charge in [-0.05, 0) is 0 Å². The predicted molar refractivity (Wildman–Crippen MR) is 44.2 cm³/mol. The molecule has 0 spiro atoms. The van der Waals surface area contributed by atoms with Crippen molar-refractivity contribution in [1.82, 2.24) is 0 Å². The zero-order chi connectivity index (χ0) is 10.1. The lowest BCUT2D eigenvalue weighted by atomic mass is 10.1. The van der Waals surface area contributed by atoms with Crippen molar-refractivity contribution in [3.8, 4) is 17.6 Å². The number of nitrogens with zero attached hydrogens (tertiary/aromatic N) is 1. The van der Waals surface area contributed by atoms with Crippen LogP contribution in [0, 0.1) is 11.3 Å². The van der Waals surface area contributed by atoms with Crippen LogP contribution in [0.4, 0.5) is 0 Å². The summed E-state index contributed by atoms with van der Waals surface area (Å²) >= 11 is 0. The topological polar surface area (TPSA) is 79.6 Å². The second-order valence-corrected chi connectivity index (χ2v) is 2.67. The van der Waals surface area contributed by atoms with Crippen molar-refractivity contribution in [3.63, 3.8) is 0 Å². The normalized spacial score (nSPS) is 12.2. The zero-order valence-corrected chi connectivity index (χ0v) is 6.98. The molecule has 1 heterocycles. The Bertz CT molecular complexity index is 447. The summed E-state index contributed by atoms with van der Waals surface area (Å²) in [5.41, 5.74) is -0.00139. The van der Waals surface area contributed by atoms with Crippen LogP contribution in [-0.4, -0.2) is 17.9 Å². The van der Waals surface area contributed by atoms with E-state index in [2.05, 4.69) is 0 Å². The summed E-state index contributed by atoms with van der Waals surface area (Å²) < 4.78 is 10.0. The van der Waals surface area contributed by atoms with E-state index < -0.39 is 5.97 Å². The number of ether oxygens (including phenoxy) is 2. The second-order valence-electron chi connectivity index (χ2n) is 2.67. The first-order valence-electron chi connectivity index (χ1n) is 3.79. The largest absolute Gasteiger partial charge is 0.478 e. The number of fused-ring (bicyclic) bond motifs is 1. The highest BCUT2D eigenvalue weighted by Crippen LogP contribution is 2.34. The highest BCUT2D eigenvalue weighted by molar-refractivity contribution is 5.91. The Morgan fingerprint density at radius 1 is 1.43 bits per heavy atom. The third-order valence-electron chi connectivity index (χ3n) is 1.86. The SMILES string of the molecule is N#Cc1cc2c(cc1C(=O)O)OCO2. The van der Waals surface area contributed by atoms with Crippen LogP contribution in [0.3, 0.4) is 0 Å². The quantitative estimate of drug-likeness (QED) is 0.715. The van der Waals surface area contributed by atoms with Gasteiger partial charge in [0.15, 0.2) is 11.5 Å². The average molecular weight is 191 g/mol. The van der Waals surface area contributed by atoms with E-state index in [1.54, 1.807) is 6.07 Å². The van der Waals surface area contributed by atoms with Crippen LogP contribution in [0.5, 0.6) is 11.5 Å². The highest BCUT2D eigenvalue weighted by Gasteiger charge is 2.20. The van der Waals surface area contributed by atoms with E-state index in [1.807, 2.05) is 0 Å². The minimum Gasteiger partial charge on any atom is -0.478 e. The first kappa shape index (κ1) is 8.38. The number of carboxylic acids is 1. The minimum atomic E-state index is -1.15. The smallest absolute Gasteiger partial charge is 0.337 e. The summed E-state index contributed by atoms with van der Waals surface area (Å²) in [6.07, 6.45) is 0. The number of hydrogen-bond acceptors (Lipinski definition) is 4. The molecule has 5 heteroatoms. The van der Waals surface area contributed by atoms with Crippen molar-refractivity contribution in [3.05, 3.63) is 23.3 Å². The van der Waals surface area contributed by atoms with E-state index in [0.29, 0.717) is 11.5 Å². The molecule has 14 heavy (non-hydrogen) atoms. The molecule has 1 aromatic rings. The van der Waals surface area contributed by atoms with Gasteiger partial charge in [0.25, 0.3) is 0 Å². The van der Waals surface area contributed by atoms with Crippen LogP contribution in [0.2, 0.25) is 0 Å². The third-order valence-corrected chi connectivity index (χ3v) is 1.86. The summed E-state index contributed by atoms with van der Waals surface area (Å²) in [5.74, 6) is -0.382. The molecule has 1 aromatic carbocycles. The molecule has 0 unspecified atom stereocenters. The van der Waals surface area contributed by atoms with Crippen molar-refractivity contribution in [2.24, 2.45) is 0 Å². The van der Waals surface area contributed by atoms with E-state index in [9.17, 15) is 4.79 Å². The monoisotopic (exact) mass is 191 g/mol. The van der Waals surface area contributed by atoms with Crippen molar-refractivity contribution in [2.75, 3.05) is 6.79 Å². The van der Waals surface area contributed by atoms with Crippen LogP contribution in [0.1, 0.15) is 15.9 Å². The molecule has 0 aromatic heterocycles. The van der Waals surface area contributed by atoms with Gasteiger partial charge >= 0.3 is 5.97 Å². The van der Waals surface area contributed by atoms with Crippen molar-refractivity contribution >= 4 is 5.97 Å². The Morgan fingerprint density at radius 2 is 2.07 bits per heavy atom. The van der Waals surface area contributed by atoms with Gasteiger partial charge < -0.3 is 14.6 Å². The highest BCUT2D eigenvalue weighted by atomic mass is 16.7. The number of aromatic carboxylic acids is 1. The van der Waals surface area contributed by atoms with Gasteiger partial charge in [-0.25, -0.2) is 4.79 Å². The Balaban J connectivity index is 2.61. The summed E-state index contributed by atoms with van der Waals surface area (Å²) in [7, 11) is 0. The van der Waals surface area contributed by atoms with Crippen LogP contribution in [0.15, 0.2) is 12.1 Å². The van der Waals surface area contributed by atoms with Gasteiger partial charge in [0.1, 0.15) is 6.07 Å². The molecule has 0 fully saturated rings. The first-order valence-corrected chi connectivity index (χ1v) is 3.79. The van der Waals surface area contributed by atoms with Gasteiger partial charge in [-0.3, -0.25) is 0 Å². The van der Waals surface area contributed by atoms with Crippen LogP contribution >= 0.6 is 0 Å². The van der Waals surface area contributed by atoms with Crippen molar-refractivity contribution < 1.29 is 19.4 Å². The second kappa shape index (κ2) is 2.92. The lowest BCUT2D eigenvalue weighted by molar-refractivity contribution is 0.0696. The maximum Gasteiger partial charge on any atom is 0.337 e. The fourth-order valence-electron chi connectivity index (χ4n) is 1.21. The Hall–Kier alpha value is -2.22. The summed E-state index contributed by atoms with van der Waals surface area (Å²) in [6.45, 7) is 0.0588. The molecule has 0 atom stereocenters. The molecule has 0 saturated carbocycles. The van der Waals surface area contributed by atoms with Crippen LogP contribution in [-0.2, 0) is 0 Å². The molecule has 0 bridgehead atoms. The van der Waals surface area contributed by atoms with Gasteiger partial charge in [-0.15, -0.1) is 0 Å². The average Bonchev–Trinajstić information content (AvgIpc) is 2.62. The molecular weight excluding hydrogens is 186 g/mol. The first-order chi connectivity index (χ1) is 6.72. The molecule has 1 N–H and O–H groups in total. The number of carboxylic acid groups (broad SMARTS) is 1. The Kier molecular flexibility index (Phi) is 1.75. The van der Waals surface area contributed by atoms with E-state index in [-0.39, 0.29) is 17.9 Å². The fraction of sp³-hybridized carbons (Fsp3) is 0.111. The summed E-state index contributed by atoms with van der Waals surface area (Å²) in [4.78, 5) is 10.7. The van der Waals surface area contributed by atoms with Gasteiger partial charge in [0.05, 0.1) is 11.1 Å². The molecule has 1 aliphatic rings. The van der Waals surface area contributed by atoms with Gasteiger partial charge in [-0.2, -0.15) is 5.26 Å². The van der Waals surface area contributed by atoms with Crippen molar-refractivity contribution in [1.29, 1.82) is 5.26 Å². The fourth-order valence-corrected chi connectivity index (χ4v) is 1.21. The maximum absolute atomic E-state index is 10.7. The number of hydrogen-bond donors (Lipinski definition) is 1. The number of rotatable bonds is 1. The van der Waals surface area contributed by atoms with Crippen LogP contribution in [0.25, 0.3) is 0 Å². The predicted octanol–water partition coefficient (Wildman–Crippen LogP) is 0.985. The third kappa shape index (κ3) is 1.13. The Morgan fingerprint density at radius 3 is 2.64 bits per heavy atom. The molecule has 0 saturated heterocycles. The molecule has 2 rings (SSSR count).